The van der Waals surface area contributed by atoms with Gasteiger partial charge in [0.2, 0.25) is 0 Å². The normalized spacial score (nSPS) is 17.4. The highest BCUT2D eigenvalue weighted by atomic mass is 16.6. The van der Waals surface area contributed by atoms with Gasteiger partial charge in [-0.05, 0) is 34.4 Å². The second-order valence-corrected chi connectivity index (χ2v) is 4.72. The van der Waals surface area contributed by atoms with Gasteiger partial charge in [-0.25, -0.2) is 4.63 Å². The molecule has 0 saturated carbocycles. The zero-order chi connectivity index (χ0) is 12.4. The lowest BCUT2D eigenvalue weighted by Crippen LogP contribution is -2.35. The molecule has 1 aromatic heterocycles. The molecule has 5 nitrogen and oxygen atoms in total. The topological polar surface area (TPSA) is 59.2 Å². The number of carbonyl (C=O) groups excluding carboxylic acids is 1. The summed E-state index contributed by atoms with van der Waals surface area (Å²) in [4.78, 5) is 13.5. The summed E-state index contributed by atoms with van der Waals surface area (Å²) in [5.74, 6) is 0.390. The quantitative estimate of drug-likeness (QED) is 0.818. The third-order valence-electron chi connectivity index (χ3n) is 3.45. The van der Waals surface area contributed by atoms with Crippen molar-refractivity contribution in [3.05, 3.63) is 23.8 Å². The van der Waals surface area contributed by atoms with Crippen LogP contribution in [0, 0.1) is 0 Å². The minimum Gasteiger partial charge on any atom is -0.302 e. The third kappa shape index (κ3) is 2.41. The molecule has 0 bridgehead atoms. The maximum atomic E-state index is 11.1. The number of rotatable bonds is 3. The zero-order valence-electron chi connectivity index (χ0n) is 10.1. The molecule has 0 radical (unpaired) electrons. The van der Waals surface area contributed by atoms with Crippen LogP contribution in [0.4, 0.5) is 0 Å². The lowest BCUT2D eigenvalue weighted by Gasteiger charge is -2.25. The number of hydrogen-bond donors (Lipinski definition) is 0. The van der Waals surface area contributed by atoms with Crippen LogP contribution in [0.5, 0.6) is 0 Å². The number of aromatic nitrogens is 2. The van der Waals surface area contributed by atoms with E-state index < -0.39 is 0 Å². The molecule has 1 aromatic carbocycles. The highest BCUT2D eigenvalue weighted by molar-refractivity contribution is 5.79. The van der Waals surface area contributed by atoms with Gasteiger partial charge < -0.3 is 4.90 Å². The average molecular weight is 245 g/mol. The Balaban J connectivity index is 1.60. The van der Waals surface area contributed by atoms with Crippen molar-refractivity contribution in [1.29, 1.82) is 0 Å². The monoisotopic (exact) mass is 245 g/mol. The van der Waals surface area contributed by atoms with Crippen LogP contribution in [-0.2, 0) is 11.2 Å². The van der Waals surface area contributed by atoms with Crippen molar-refractivity contribution in [2.24, 2.45) is 0 Å². The van der Waals surface area contributed by atoms with E-state index in [1.54, 1.807) is 0 Å². The number of benzene rings is 1. The van der Waals surface area contributed by atoms with E-state index in [4.69, 9.17) is 0 Å². The molecule has 18 heavy (non-hydrogen) atoms. The first-order valence-electron chi connectivity index (χ1n) is 6.26. The Hall–Kier alpha value is -1.75. The van der Waals surface area contributed by atoms with Crippen LogP contribution >= 0.6 is 0 Å². The standard InChI is InChI=1S/C13H15N3O2/c17-11-4-7-16(8-5-11)6-3-10-1-2-12-13(9-10)15-18-14-12/h1-2,9H,3-8H2. The number of nitrogens with zero attached hydrogens (tertiary/aromatic N) is 3. The van der Waals surface area contributed by atoms with Gasteiger partial charge in [-0.3, -0.25) is 4.79 Å². The Morgan fingerprint density at radius 2 is 1.94 bits per heavy atom. The van der Waals surface area contributed by atoms with Gasteiger partial charge in [-0.1, -0.05) is 6.07 Å². The summed E-state index contributed by atoms with van der Waals surface area (Å²) in [7, 11) is 0. The second kappa shape index (κ2) is 4.86. The summed E-state index contributed by atoms with van der Waals surface area (Å²) in [6.07, 6.45) is 2.37. The highest BCUT2D eigenvalue weighted by Gasteiger charge is 2.15. The van der Waals surface area contributed by atoms with Gasteiger partial charge in [0.1, 0.15) is 16.8 Å². The largest absolute Gasteiger partial charge is 0.302 e. The molecule has 5 heteroatoms. The van der Waals surface area contributed by atoms with Gasteiger partial charge in [0.05, 0.1) is 0 Å². The molecule has 0 atom stereocenters. The van der Waals surface area contributed by atoms with Gasteiger partial charge in [-0.2, -0.15) is 0 Å². The van der Waals surface area contributed by atoms with Gasteiger partial charge >= 0.3 is 0 Å². The summed E-state index contributed by atoms with van der Waals surface area (Å²) in [6, 6.07) is 6.00. The Kier molecular flexibility index (Phi) is 3.06. The number of hydrogen-bond acceptors (Lipinski definition) is 5. The SMILES string of the molecule is O=C1CCN(CCc2ccc3nonc3c2)CC1. The fraction of sp³-hybridized carbons (Fsp3) is 0.462. The number of ketones is 1. The van der Waals surface area contributed by atoms with Crippen molar-refractivity contribution in [3.63, 3.8) is 0 Å². The van der Waals surface area contributed by atoms with Crippen molar-refractivity contribution in [2.75, 3.05) is 19.6 Å². The molecule has 2 heterocycles. The van der Waals surface area contributed by atoms with Crippen LogP contribution < -0.4 is 0 Å². The maximum Gasteiger partial charge on any atom is 0.135 e. The highest BCUT2D eigenvalue weighted by Crippen LogP contribution is 2.13. The van der Waals surface area contributed by atoms with E-state index in [-0.39, 0.29) is 0 Å². The van der Waals surface area contributed by atoms with Gasteiger partial charge in [0.25, 0.3) is 0 Å². The van der Waals surface area contributed by atoms with Crippen molar-refractivity contribution in [3.8, 4) is 0 Å². The first kappa shape index (κ1) is 11.3. The maximum absolute atomic E-state index is 11.1. The van der Waals surface area contributed by atoms with Crippen LogP contribution in [0.15, 0.2) is 22.8 Å². The Morgan fingerprint density at radius 1 is 1.17 bits per heavy atom. The van der Waals surface area contributed by atoms with E-state index in [1.165, 1.54) is 5.56 Å². The predicted octanol–water partition coefficient (Wildman–Crippen LogP) is 1.43. The summed E-state index contributed by atoms with van der Waals surface area (Å²) in [6.45, 7) is 2.78. The van der Waals surface area contributed by atoms with Crippen LogP contribution in [0.25, 0.3) is 11.0 Å². The van der Waals surface area contributed by atoms with Gasteiger partial charge in [0, 0.05) is 32.5 Å². The fourth-order valence-electron chi connectivity index (χ4n) is 2.30. The molecule has 2 aromatic rings. The van der Waals surface area contributed by atoms with Crippen molar-refractivity contribution < 1.29 is 9.42 Å². The number of Topliss-reactive ketones (excluding diaryl/α,β-unsaturated/α-hetero) is 1. The number of piperidine rings is 1. The summed E-state index contributed by atoms with van der Waals surface area (Å²) < 4.78 is 4.68. The molecule has 0 aliphatic carbocycles. The fourth-order valence-corrected chi connectivity index (χ4v) is 2.30. The molecular weight excluding hydrogens is 230 g/mol. The third-order valence-corrected chi connectivity index (χ3v) is 3.45. The first-order chi connectivity index (χ1) is 8.81. The summed E-state index contributed by atoms with van der Waals surface area (Å²) in [5, 5.41) is 7.62. The molecular formula is C13H15N3O2. The summed E-state index contributed by atoms with van der Waals surface area (Å²) >= 11 is 0. The van der Waals surface area contributed by atoms with Crippen LogP contribution in [0.2, 0.25) is 0 Å². The lowest BCUT2D eigenvalue weighted by atomic mass is 10.1. The van der Waals surface area contributed by atoms with E-state index >= 15 is 0 Å². The molecule has 94 valence electrons. The minimum absolute atomic E-state index is 0.390. The molecule has 3 rings (SSSR count). The van der Waals surface area contributed by atoms with Crippen LogP contribution in [0.1, 0.15) is 18.4 Å². The molecule has 1 aliphatic rings. The number of carbonyl (C=O) groups is 1. The Morgan fingerprint density at radius 3 is 2.78 bits per heavy atom. The van der Waals surface area contributed by atoms with Crippen molar-refractivity contribution in [2.45, 2.75) is 19.3 Å². The molecule has 1 saturated heterocycles. The van der Waals surface area contributed by atoms with E-state index in [0.29, 0.717) is 18.6 Å². The van der Waals surface area contributed by atoms with E-state index in [9.17, 15) is 4.79 Å². The van der Waals surface area contributed by atoms with Crippen LogP contribution in [-0.4, -0.2) is 40.6 Å². The number of likely N-dealkylation sites (tertiary alicyclic amines) is 1. The molecule has 0 unspecified atom stereocenters. The molecule has 0 N–H and O–H groups in total. The first-order valence-corrected chi connectivity index (χ1v) is 6.26. The smallest absolute Gasteiger partial charge is 0.135 e. The average Bonchev–Trinajstić information content (AvgIpc) is 2.85. The molecule has 0 spiro atoms. The second-order valence-electron chi connectivity index (χ2n) is 4.72. The van der Waals surface area contributed by atoms with E-state index in [1.807, 2.05) is 12.1 Å². The molecule has 0 amide bonds. The zero-order valence-corrected chi connectivity index (χ0v) is 10.1. The van der Waals surface area contributed by atoms with Crippen LogP contribution in [0.3, 0.4) is 0 Å². The van der Waals surface area contributed by atoms with Crippen molar-refractivity contribution in [1.82, 2.24) is 15.2 Å². The molecule has 1 aliphatic heterocycles. The van der Waals surface area contributed by atoms with E-state index in [2.05, 4.69) is 25.9 Å². The van der Waals surface area contributed by atoms with Crippen molar-refractivity contribution >= 4 is 16.8 Å². The number of fused-ring (bicyclic) bond motifs is 1. The summed E-state index contributed by atoms with van der Waals surface area (Å²) in [5.41, 5.74) is 2.83. The molecule has 1 fully saturated rings. The predicted molar refractivity (Wildman–Crippen MR) is 66.2 cm³/mol. The Bertz CT molecular complexity index is 554. The van der Waals surface area contributed by atoms with E-state index in [0.717, 1.165) is 37.1 Å². The Labute approximate surface area is 105 Å². The minimum atomic E-state index is 0.390. The lowest BCUT2D eigenvalue weighted by molar-refractivity contribution is -0.121. The van der Waals surface area contributed by atoms with Gasteiger partial charge in [0.15, 0.2) is 0 Å². The van der Waals surface area contributed by atoms with Gasteiger partial charge in [-0.15, -0.1) is 0 Å².